The largest absolute Gasteiger partial charge is 0.359 e. The highest BCUT2D eigenvalue weighted by Gasteiger charge is 2.66. The summed E-state index contributed by atoms with van der Waals surface area (Å²) < 4.78 is 21.5. The molecule has 1 unspecified atom stereocenters. The van der Waals surface area contributed by atoms with Gasteiger partial charge in [-0.05, 0) is 103 Å². The normalized spacial score (nSPS) is 43.6. The van der Waals surface area contributed by atoms with Gasteiger partial charge in [0.15, 0.2) is 0 Å². The highest BCUT2D eigenvalue weighted by Crippen LogP contribution is 2.69. The van der Waals surface area contributed by atoms with Crippen LogP contribution in [0.25, 0.3) is 10.8 Å². The van der Waals surface area contributed by atoms with Gasteiger partial charge >= 0.3 is 0 Å². The van der Waals surface area contributed by atoms with Crippen LogP contribution in [0.2, 0.25) is 0 Å². The van der Waals surface area contributed by atoms with Gasteiger partial charge in [0.05, 0.1) is 11.2 Å². The fourth-order valence-electron chi connectivity index (χ4n) is 9.74. The van der Waals surface area contributed by atoms with E-state index in [0.29, 0.717) is 30.8 Å². The molecule has 3 heterocycles. The number of hydrogen-bond acceptors (Lipinski definition) is 2. The predicted molar refractivity (Wildman–Crippen MR) is 143 cm³/mol. The summed E-state index contributed by atoms with van der Waals surface area (Å²) in [5, 5.41) is 2.69. The van der Waals surface area contributed by atoms with Crippen LogP contribution in [0.1, 0.15) is 76.2 Å². The molecule has 2 nitrogen and oxygen atoms in total. The Morgan fingerprint density at radius 3 is 2.75 bits per heavy atom. The molecule has 3 aliphatic carbocycles. The van der Waals surface area contributed by atoms with E-state index in [9.17, 15) is 4.39 Å². The van der Waals surface area contributed by atoms with Crippen molar-refractivity contribution >= 4 is 10.8 Å². The lowest BCUT2D eigenvalue weighted by atomic mass is 9.58. The van der Waals surface area contributed by atoms with Crippen molar-refractivity contribution in [2.45, 2.75) is 94.0 Å². The third kappa shape index (κ3) is 2.91. The van der Waals surface area contributed by atoms with Gasteiger partial charge < -0.3 is 4.74 Å². The predicted octanol–water partition coefficient (Wildman–Crippen LogP) is 7.49. The third-order valence-electron chi connectivity index (χ3n) is 11.5. The average molecular weight is 484 g/mol. The van der Waals surface area contributed by atoms with E-state index in [1.807, 2.05) is 0 Å². The standard InChI is InChI=1S/C33H38FNO/c1-31-14-12-26-19-25-8-9-28(35-17-13-27(34)21-35)20-32(25)15-16-33(26,36-32)30(31)11-10-29(31)24-7-6-22-4-2-3-5-23(22)18-24/h2-7,12,18-19,27-30H,8-11,13-17,20-21H2,1H3/t27-,28-,29-,30-,31-,32-,33?/m1/s1. The minimum Gasteiger partial charge on any atom is -0.359 e. The van der Waals surface area contributed by atoms with E-state index in [-0.39, 0.29) is 16.6 Å². The topological polar surface area (TPSA) is 12.5 Å². The van der Waals surface area contributed by atoms with E-state index >= 15 is 0 Å². The van der Waals surface area contributed by atoms with Gasteiger partial charge in [0.1, 0.15) is 6.17 Å². The molecule has 8 rings (SSSR count). The van der Waals surface area contributed by atoms with Crippen LogP contribution in [0.15, 0.2) is 65.8 Å². The molecule has 0 aromatic heterocycles. The Morgan fingerprint density at radius 1 is 1.00 bits per heavy atom. The molecule has 2 bridgehead atoms. The summed E-state index contributed by atoms with van der Waals surface area (Å²) in [6, 6.07) is 16.4. The maximum Gasteiger partial charge on any atom is 0.114 e. The van der Waals surface area contributed by atoms with Crippen molar-refractivity contribution in [3.8, 4) is 0 Å². The van der Waals surface area contributed by atoms with E-state index in [0.717, 1.165) is 45.1 Å². The van der Waals surface area contributed by atoms with Crippen molar-refractivity contribution in [3.63, 3.8) is 0 Å². The number of rotatable bonds is 2. The Bertz CT molecular complexity index is 1300. The molecule has 36 heavy (non-hydrogen) atoms. The van der Waals surface area contributed by atoms with Crippen LogP contribution in [-0.4, -0.2) is 41.4 Å². The minimum atomic E-state index is -0.638. The number of likely N-dealkylation sites (tertiary alicyclic amines) is 1. The second-order valence-electron chi connectivity index (χ2n) is 13.1. The number of ether oxygens (including phenoxy) is 1. The second-order valence-corrected chi connectivity index (χ2v) is 13.1. The van der Waals surface area contributed by atoms with Crippen molar-refractivity contribution in [2.24, 2.45) is 11.3 Å². The first kappa shape index (κ1) is 22.1. The molecular weight excluding hydrogens is 445 g/mol. The monoisotopic (exact) mass is 483 g/mol. The smallest absolute Gasteiger partial charge is 0.114 e. The average Bonchev–Trinajstić information content (AvgIpc) is 3.57. The fourth-order valence-corrected chi connectivity index (χ4v) is 9.74. The van der Waals surface area contributed by atoms with Crippen LogP contribution in [-0.2, 0) is 4.74 Å². The van der Waals surface area contributed by atoms with Gasteiger partial charge in [-0.25, -0.2) is 4.39 Å². The minimum absolute atomic E-state index is 0.103. The van der Waals surface area contributed by atoms with Crippen molar-refractivity contribution < 1.29 is 9.13 Å². The van der Waals surface area contributed by atoms with Gasteiger partial charge in [0.2, 0.25) is 0 Å². The lowest BCUT2D eigenvalue weighted by molar-refractivity contribution is -0.140. The number of fused-ring (bicyclic) bond motifs is 2. The molecule has 3 heteroatoms. The molecule has 2 saturated carbocycles. The first-order chi connectivity index (χ1) is 17.5. The molecule has 7 atom stereocenters. The Morgan fingerprint density at radius 2 is 1.89 bits per heavy atom. The third-order valence-corrected chi connectivity index (χ3v) is 11.5. The molecule has 4 fully saturated rings. The SMILES string of the molecule is C[C@]12CC=C3C=C4CC[C@@H](N5CC[C@@H](F)C5)C[C@]45CCC3(O5)[C@@H]1CC[C@@H]2c1ccc2ccccc2c1. The maximum absolute atomic E-state index is 14.0. The highest BCUT2D eigenvalue weighted by molar-refractivity contribution is 5.83. The van der Waals surface area contributed by atoms with E-state index < -0.39 is 6.17 Å². The van der Waals surface area contributed by atoms with Crippen LogP contribution < -0.4 is 0 Å². The van der Waals surface area contributed by atoms with Gasteiger partial charge in [-0.15, -0.1) is 0 Å². The highest BCUT2D eigenvalue weighted by atomic mass is 19.1. The zero-order valence-corrected chi connectivity index (χ0v) is 21.5. The molecule has 0 amide bonds. The van der Waals surface area contributed by atoms with E-state index in [2.05, 4.69) is 66.4 Å². The van der Waals surface area contributed by atoms with Crippen molar-refractivity contribution in [1.82, 2.24) is 4.90 Å². The van der Waals surface area contributed by atoms with Crippen molar-refractivity contribution in [3.05, 3.63) is 71.3 Å². The molecule has 3 aliphatic heterocycles. The molecule has 2 spiro atoms. The summed E-state index contributed by atoms with van der Waals surface area (Å²) in [6.07, 6.45) is 14.5. The first-order valence-corrected chi connectivity index (χ1v) is 14.5. The molecule has 6 aliphatic rings. The van der Waals surface area contributed by atoms with Gasteiger partial charge in [-0.1, -0.05) is 61.5 Å². The molecule has 2 aromatic carbocycles. The maximum atomic E-state index is 14.0. The number of allylic oxidation sites excluding steroid dienone is 1. The lowest BCUT2D eigenvalue weighted by Crippen LogP contribution is -2.55. The first-order valence-electron chi connectivity index (χ1n) is 14.5. The van der Waals surface area contributed by atoms with Gasteiger partial charge in [0, 0.05) is 19.1 Å². The molecular formula is C33H38FNO. The quantitative estimate of drug-likeness (QED) is 0.439. The Hall–Kier alpha value is -1.97. The van der Waals surface area contributed by atoms with Crippen LogP contribution >= 0.6 is 0 Å². The zero-order valence-electron chi connectivity index (χ0n) is 21.5. The van der Waals surface area contributed by atoms with E-state index in [1.165, 1.54) is 34.8 Å². The molecule has 2 aromatic rings. The van der Waals surface area contributed by atoms with E-state index in [1.54, 1.807) is 5.57 Å². The Balaban J connectivity index is 1.14. The number of nitrogens with zero attached hydrogens (tertiary/aromatic N) is 1. The summed E-state index contributed by atoms with van der Waals surface area (Å²) >= 11 is 0. The van der Waals surface area contributed by atoms with Gasteiger partial charge in [0.25, 0.3) is 0 Å². The summed E-state index contributed by atoms with van der Waals surface area (Å²) in [5.74, 6) is 1.15. The fraction of sp³-hybridized carbons (Fsp3) is 0.576. The van der Waals surface area contributed by atoms with Crippen LogP contribution in [0, 0.1) is 11.3 Å². The molecule has 0 radical (unpaired) electrons. The number of benzene rings is 2. The summed E-state index contributed by atoms with van der Waals surface area (Å²) in [4.78, 5) is 2.44. The number of alkyl halides is 1. The number of hydrogen-bond donors (Lipinski definition) is 0. The van der Waals surface area contributed by atoms with Crippen LogP contribution in [0.5, 0.6) is 0 Å². The summed E-state index contributed by atoms with van der Waals surface area (Å²) in [5.41, 5.74) is 4.57. The molecule has 188 valence electrons. The zero-order chi connectivity index (χ0) is 24.1. The van der Waals surface area contributed by atoms with Gasteiger partial charge in [-0.3, -0.25) is 4.90 Å². The van der Waals surface area contributed by atoms with Gasteiger partial charge in [-0.2, -0.15) is 0 Å². The van der Waals surface area contributed by atoms with Crippen molar-refractivity contribution in [1.29, 1.82) is 0 Å². The Labute approximate surface area is 214 Å². The second kappa shape index (κ2) is 7.54. The van der Waals surface area contributed by atoms with E-state index in [4.69, 9.17) is 4.74 Å². The van der Waals surface area contributed by atoms with Crippen LogP contribution in [0.3, 0.4) is 0 Å². The Kier molecular flexibility index (Phi) is 4.62. The number of halogens is 1. The summed E-state index contributed by atoms with van der Waals surface area (Å²) in [6.45, 7) is 4.12. The van der Waals surface area contributed by atoms with Crippen LogP contribution in [0.4, 0.5) is 4.39 Å². The molecule has 0 N–H and O–H groups in total. The lowest BCUT2D eigenvalue weighted by Gasteiger charge is -2.55. The van der Waals surface area contributed by atoms with Crippen molar-refractivity contribution in [2.75, 3.05) is 13.1 Å². The molecule has 2 saturated heterocycles. The summed E-state index contributed by atoms with van der Waals surface area (Å²) in [7, 11) is 0.